The smallest absolute Gasteiger partial charge is 0.255 e. The maximum absolute atomic E-state index is 12.9. The van der Waals surface area contributed by atoms with E-state index in [0.717, 1.165) is 18.4 Å². The minimum atomic E-state index is -3.69. The van der Waals surface area contributed by atoms with Gasteiger partial charge in [0, 0.05) is 24.8 Å². The Balaban J connectivity index is 1.69. The number of unbranched alkanes of at least 4 members (excludes halogenated alkanes) is 1. The molecule has 6 nitrogen and oxygen atoms in total. The van der Waals surface area contributed by atoms with Gasteiger partial charge >= 0.3 is 0 Å². The SMILES string of the molecule is CCCCOc1c(Cl)cc(C(=O)Nc2ccc(S(=O)(=O)N(C)Cc3ccccc3)cc2)cc1Cl. The van der Waals surface area contributed by atoms with Crippen molar-refractivity contribution in [2.45, 2.75) is 31.2 Å². The van der Waals surface area contributed by atoms with Crippen LogP contribution in [0.2, 0.25) is 10.0 Å². The van der Waals surface area contributed by atoms with Crippen LogP contribution in [0, 0.1) is 0 Å². The number of halogens is 2. The molecule has 9 heteroatoms. The number of benzene rings is 3. The maximum Gasteiger partial charge on any atom is 0.255 e. The summed E-state index contributed by atoms with van der Waals surface area (Å²) >= 11 is 12.5. The van der Waals surface area contributed by atoms with E-state index in [0.29, 0.717) is 18.0 Å². The van der Waals surface area contributed by atoms with Crippen molar-refractivity contribution in [3.8, 4) is 5.75 Å². The second-order valence-corrected chi connectivity index (χ2v) is 10.6. The minimum Gasteiger partial charge on any atom is -0.490 e. The standard InChI is InChI=1S/C25H26Cl2N2O4S/c1-3-4-14-33-24-22(26)15-19(16-23(24)27)25(30)28-20-10-12-21(13-11-20)34(31,32)29(2)17-18-8-6-5-7-9-18/h5-13,15-16H,3-4,14,17H2,1-2H3,(H,28,30). The first-order valence-corrected chi connectivity index (χ1v) is 13.0. The molecule has 1 N–H and O–H groups in total. The molecule has 0 saturated heterocycles. The Morgan fingerprint density at radius 2 is 1.62 bits per heavy atom. The number of nitrogens with zero attached hydrogens (tertiary/aromatic N) is 1. The summed E-state index contributed by atoms with van der Waals surface area (Å²) in [6, 6.07) is 18.3. The van der Waals surface area contributed by atoms with Gasteiger partial charge < -0.3 is 10.1 Å². The van der Waals surface area contributed by atoms with Crippen molar-refractivity contribution in [2.24, 2.45) is 0 Å². The van der Waals surface area contributed by atoms with E-state index in [9.17, 15) is 13.2 Å². The molecule has 3 aromatic rings. The van der Waals surface area contributed by atoms with Crippen LogP contribution in [0.1, 0.15) is 35.7 Å². The molecule has 0 bridgehead atoms. The summed E-state index contributed by atoms with van der Waals surface area (Å²) < 4.78 is 32.7. The predicted octanol–water partition coefficient (Wildman–Crippen LogP) is 6.25. The van der Waals surface area contributed by atoms with Crippen molar-refractivity contribution in [1.82, 2.24) is 4.31 Å². The first-order chi connectivity index (χ1) is 16.2. The van der Waals surface area contributed by atoms with Gasteiger partial charge in [0.2, 0.25) is 10.0 Å². The molecule has 0 unspecified atom stereocenters. The van der Waals surface area contributed by atoms with Crippen LogP contribution in [0.25, 0.3) is 0 Å². The summed E-state index contributed by atoms with van der Waals surface area (Å²) in [5.41, 5.74) is 1.58. The fraction of sp³-hybridized carbons (Fsp3) is 0.240. The summed E-state index contributed by atoms with van der Waals surface area (Å²) in [4.78, 5) is 12.8. The molecule has 0 fully saturated rings. The Bertz CT molecular complexity index is 1210. The third-order valence-corrected chi connectivity index (χ3v) is 7.45. The Morgan fingerprint density at radius 3 is 2.21 bits per heavy atom. The average molecular weight is 521 g/mol. The molecule has 3 aromatic carbocycles. The van der Waals surface area contributed by atoms with Gasteiger partial charge in [-0.05, 0) is 48.4 Å². The third kappa shape index (κ3) is 6.51. The number of ether oxygens (including phenoxy) is 1. The Kier molecular flexibility index (Phi) is 8.97. The molecule has 3 rings (SSSR count). The van der Waals surface area contributed by atoms with Crippen LogP contribution in [-0.4, -0.2) is 32.3 Å². The highest BCUT2D eigenvalue weighted by molar-refractivity contribution is 7.89. The van der Waals surface area contributed by atoms with Crippen LogP contribution in [-0.2, 0) is 16.6 Å². The van der Waals surface area contributed by atoms with Crippen molar-refractivity contribution >= 4 is 44.8 Å². The van der Waals surface area contributed by atoms with E-state index in [1.165, 1.54) is 47.8 Å². The second kappa shape index (κ2) is 11.7. The van der Waals surface area contributed by atoms with Gasteiger partial charge in [0.1, 0.15) is 0 Å². The van der Waals surface area contributed by atoms with Crippen molar-refractivity contribution in [1.29, 1.82) is 0 Å². The third-order valence-electron chi connectivity index (χ3n) is 5.07. The van der Waals surface area contributed by atoms with Crippen LogP contribution in [0.4, 0.5) is 5.69 Å². The van der Waals surface area contributed by atoms with Gasteiger partial charge in [-0.3, -0.25) is 4.79 Å². The molecule has 0 aliphatic rings. The van der Waals surface area contributed by atoms with E-state index in [1.807, 2.05) is 37.3 Å². The van der Waals surface area contributed by atoms with E-state index < -0.39 is 15.9 Å². The maximum atomic E-state index is 12.9. The number of hydrogen-bond acceptors (Lipinski definition) is 4. The summed E-state index contributed by atoms with van der Waals surface area (Å²) in [6.07, 6.45) is 1.84. The average Bonchev–Trinajstić information content (AvgIpc) is 2.81. The summed E-state index contributed by atoms with van der Waals surface area (Å²) in [6.45, 7) is 2.78. The highest BCUT2D eigenvalue weighted by Crippen LogP contribution is 2.34. The van der Waals surface area contributed by atoms with Gasteiger partial charge in [-0.2, -0.15) is 4.31 Å². The van der Waals surface area contributed by atoms with Gasteiger partial charge in [0.25, 0.3) is 5.91 Å². The highest BCUT2D eigenvalue weighted by Gasteiger charge is 2.21. The highest BCUT2D eigenvalue weighted by atomic mass is 35.5. The van der Waals surface area contributed by atoms with Gasteiger partial charge in [-0.25, -0.2) is 8.42 Å². The van der Waals surface area contributed by atoms with E-state index in [-0.39, 0.29) is 27.0 Å². The lowest BCUT2D eigenvalue weighted by Crippen LogP contribution is -2.26. The lowest BCUT2D eigenvalue weighted by atomic mass is 10.2. The van der Waals surface area contributed by atoms with Crippen molar-refractivity contribution in [3.05, 3.63) is 87.9 Å². The van der Waals surface area contributed by atoms with Gasteiger partial charge in [0.05, 0.1) is 21.5 Å². The Labute approximate surface area is 210 Å². The minimum absolute atomic E-state index is 0.128. The monoisotopic (exact) mass is 520 g/mol. The topological polar surface area (TPSA) is 75.7 Å². The number of carbonyl (C=O) groups is 1. The normalized spacial score (nSPS) is 11.4. The number of amides is 1. The summed E-state index contributed by atoms with van der Waals surface area (Å²) in [5.74, 6) is -0.0803. The lowest BCUT2D eigenvalue weighted by molar-refractivity contribution is 0.102. The Morgan fingerprint density at radius 1 is 1.00 bits per heavy atom. The zero-order chi connectivity index (χ0) is 24.7. The number of nitrogens with one attached hydrogen (secondary N) is 1. The van der Waals surface area contributed by atoms with Gasteiger partial charge in [-0.1, -0.05) is 66.9 Å². The van der Waals surface area contributed by atoms with Gasteiger partial charge in [-0.15, -0.1) is 0 Å². The lowest BCUT2D eigenvalue weighted by Gasteiger charge is -2.17. The van der Waals surface area contributed by atoms with Crippen LogP contribution < -0.4 is 10.1 Å². The Hall–Kier alpha value is -2.58. The number of carbonyl (C=O) groups excluding carboxylic acids is 1. The first-order valence-electron chi connectivity index (χ1n) is 10.8. The largest absolute Gasteiger partial charge is 0.490 e. The number of sulfonamides is 1. The molecule has 34 heavy (non-hydrogen) atoms. The van der Waals surface area contributed by atoms with Gasteiger partial charge in [0.15, 0.2) is 5.75 Å². The summed E-state index contributed by atoms with van der Waals surface area (Å²) in [7, 11) is -2.16. The number of anilines is 1. The molecule has 1 amide bonds. The van der Waals surface area contributed by atoms with E-state index in [4.69, 9.17) is 27.9 Å². The zero-order valence-corrected chi connectivity index (χ0v) is 21.3. The predicted molar refractivity (Wildman–Crippen MR) is 136 cm³/mol. The summed E-state index contributed by atoms with van der Waals surface area (Å²) in [5, 5.41) is 3.22. The van der Waals surface area contributed by atoms with Crippen LogP contribution in [0.3, 0.4) is 0 Å². The van der Waals surface area contributed by atoms with E-state index in [1.54, 1.807) is 0 Å². The van der Waals surface area contributed by atoms with Crippen molar-refractivity contribution in [3.63, 3.8) is 0 Å². The second-order valence-electron chi connectivity index (χ2n) is 7.70. The van der Waals surface area contributed by atoms with E-state index in [2.05, 4.69) is 5.32 Å². The molecule has 0 radical (unpaired) electrons. The molecular weight excluding hydrogens is 495 g/mol. The quantitative estimate of drug-likeness (QED) is 0.320. The molecule has 0 heterocycles. The van der Waals surface area contributed by atoms with Crippen LogP contribution >= 0.6 is 23.2 Å². The molecule has 0 atom stereocenters. The number of rotatable bonds is 10. The first kappa shape index (κ1) is 26.0. The van der Waals surface area contributed by atoms with Crippen molar-refractivity contribution < 1.29 is 17.9 Å². The fourth-order valence-electron chi connectivity index (χ4n) is 3.17. The van der Waals surface area contributed by atoms with E-state index >= 15 is 0 Å². The molecule has 0 aliphatic heterocycles. The fourth-order valence-corrected chi connectivity index (χ4v) is 4.92. The molecular formula is C25H26Cl2N2O4S. The van der Waals surface area contributed by atoms with Crippen LogP contribution in [0.15, 0.2) is 71.6 Å². The van der Waals surface area contributed by atoms with Crippen LogP contribution in [0.5, 0.6) is 5.75 Å². The molecule has 180 valence electrons. The van der Waals surface area contributed by atoms with Crippen molar-refractivity contribution in [2.75, 3.05) is 19.0 Å². The number of hydrogen-bond donors (Lipinski definition) is 1. The zero-order valence-electron chi connectivity index (χ0n) is 18.9. The molecule has 0 saturated carbocycles. The molecule has 0 aromatic heterocycles. The molecule has 0 aliphatic carbocycles. The molecule has 0 spiro atoms.